The molecular weight excluding hydrogens is 232 g/mol. The van der Waals surface area contributed by atoms with E-state index in [9.17, 15) is 0 Å². The van der Waals surface area contributed by atoms with Gasteiger partial charge in [0.1, 0.15) is 6.61 Å². The molecule has 0 aromatic carbocycles. The minimum absolute atomic E-state index is 0.167. The summed E-state index contributed by atoms with van der Waals surface area (Å²) in [6.07, 6.45) is -0.167. The van der Waals surface area contributed by atoms with Gasteiger partial charge in [0.25, 0.3) is 0 Å². The quantitative estimate of drug-likeness (QED) is 0.254. The normalized spacial score (nSPS) is 7.06. The summed E-state index contributed by atoms with van der Waals surface area (Å²) in [7, 11) is 0. The zero-order chi connectivity index (χ0) is 13.7. The molecule has 5 N–H and O–H groups in total. The van der Waals surface area contributed by atoms with E-state index < -0.39 is 30.5 Å². The molecular formula is C6H8O10. The van der Waals surface area contributed by atoms with Crippen LogP contribution in [0.1, 0.15) is 0 Å². The molecule has 0 bridgehead atoms. The second-order valence-corrected chi connectivity index (χ2v) is 1.62. The van der Waals surface area contributed by atoms with E-state index in [1.165, 1.54) is 0 Å². The predicted octanol–water partition coefficient (Wildman–Crippen LogP) is -2.51. The van der Waals surface area contributed by atoms with E-state index >= 15 is 0 Å². The van der Waals surface area contributed by atoms with Gasteiger partial charge in [-0.25, -0.2) is 19.2 Å². The minimum atomic E-state index is -1.82. The molecule has 0 spiro atoms. The molecule has 16 heavy (non-hydrogen) atoms. The Bertz CT molecular complexity index is 254. The lowest BCUT2D eigenvalue weighted by Gasteiger charge is -1.72. The van der Waals surface area contributed by atoms with E-state index in [-0.39, 0.29) is 6.29 Å². The summed E-state index contributed by atoms with van der Waals surface area (Å²) in [4.78, 5) is 45.2. The average Bonchev–Trinajstić information content (AvgIpc) is 2.19. The highest BCUT2D eigenvalue weighted by Crippen LogP contribution is 1.56. The Balaban J connectivity index is -0.000000160. The van der Waals surface area contributed by atoms with Crippen LogP contribution in [0.2, 0.25) is 0 Å². The van der Waals surface area contributed by atoms with Crippen molar-refractivity contribution in [3.05, 3.63) is 0 Å². The zero-order valence-electron chi connectivity index (χ0n) is 7.56. The molecule has 10 heteroatoms. The molecule has 0 saturated heterocycles. The van der Waals surface area contributed by atoms with Crippen molar-refractivity contribution in [3.8, 4) is 0 Å². The highest BCUT2D eigenvalue weighted by atomic mass is 16.4. The van der Waals surface area contributed by atoms with Gasteiger partial charge in [0, 0.05) is 0 Å². The van der Waals surface area contributed by atoms with Crippen molar-refractivity contribution < 1.29 is 49.5 Å². The second kappa shape index (κ2) is 12.5. The Hall–Kier alpha value is -2.49. The van der Waals surface area contributed by atoms with Crippen LogP contribution in [-0.4, -0.2) is 62.3 Å². The molecule has 0 saturated carbocycles. The van der Waals surface area contributed by atoms with Gasteiger partial charge >= 0.3 is 23.9 Å². The van der Waals surface area contributed by atoms with Crippen LogP contribution in [0.25, 0.3) is 0 Å². The van der Waals surface area contributed by atoms with Crippen LogP contribution in [-0.2, 0) is 24.0 Å². The summed E-state index contributed by atoms with van der Waals surface area (Å²) in [5.74, 6) is -6.26. The van der Waals surface area contributed by atoms with Crippen molar-refractivity contribution in [2.24, 2.45) is 0 Å². The van der Waals surface area contributed by atoms with E-state index in [1.807, 2.05) is 0 Å². The summed E-state index contributed by atoms with van der Waals surface area (Å²) in [6.45, 7) is -0.778. The number of hydrogen-bond donors (Lipinski definition) is 5. The van der Waals surface area contributed by atoms with Gasteiger partial charge in [-0.3, -0.25) is 4.79 Å². The Morgan fingerprint density at radius 2 is 1.06 bits per heavy atom. The van der Waals surface area contributed by atoms with Crippen molar-refractivity contribution in [2.45, 2.75) is 0 Å². The molecule has 0 radical (unpaired) electrons. The standard InChI is InChI=1S/C2H2O4.C2H4O3.C2H2O3/c3-1(4)2(5)6;2*3-1-2(4)5/h(H,3,4)(H,5,6);3H,1H2,(H,4,5);1H,(H,4,5). The van der Waals surface area contributed by atoms with Gasteiger partial charge in [-0.05, 0) is 0 Å². The van der Waals surface area contributed by atoms with Crippen molar-refractivity contribution in [1.29, 1.82) is 0 Å². The van der Waals surface area contributed by atoms with Crippen molar-refractivity contribution in [3.63, 3.8) is 0 Å². The van der Waals surface area contributed by atoms with Crippen molar-refractivity contribution >= 4 is 30.2 Å². The van der Waals surface area contributed by atoms with Crippen LogP contribution in [0.3, 0.4) is 0 Å². The van der Waals surface area contributed by atoms with E-state index in [1.54, 1.807) is 0 Å². The Kier molecular flexibility index (Phi) is 15.0. The maximum atomic E-state index is 9.12. The molecule has 0 rings (SSSR count). The number of carbonyl (C=O) groups is 5. The molecule has 0 aromatic rings. The Labute approximate surface area is 87.4 Å². The van der Waals surface area contributed by atoms with Crippen LogP contribution >= 0.6 is 0 Å². The molecule has 0 aliphatic heterocycles. The lowest BCUT2D eigenvalue weighted by Crippen LogP contribution is -2.09. The minimum Gasteiger partial charge on any atom is -0.480 e. The molecule has 0 amide bonds. The van der Waals surface area contributed by atoms with Crippen molar-refractivity contribution in [2.75, 3.05) is 6.61 Å². The first-order chi connectivity index (χ1) is 7.18. The summed E-state index contributed by atoms with van der Waals surface area (Å²) < 4.78 is 0. The van der Waals surface area contributed by atoms with Gasteiger partial charge < -0.3 is 25.5 Å². The molecule has 0 aromatic heterocycles. The van der Waals surface area contributed by atoms with Crippen LogP contribution in [0.4, 0.5) is 0 Å². The fourth-order valence-electron chi connectivity index (χ4n) is 0. The van der Waals surface area contributed by atoms with Gasteiger partial charge in [0.2, 0.25) is 6.29 Å². The fraction of sp³-hybridized carbons (Fsp3) is 0.167. The first-order valence-electron chi connectivity index (χ1n) is 3.16. The third-order valence-corrected chi connectivity index (χ3v) is 0.419. The molecule has 0 heterocycles. The zero-order valence-corrected chi connectivity index (χ0v) is 7.56. The highest BCUT2D eigenvalue weighted by molar-refractivity contribution is 6.27. The van der Waals surface area contributed by atoms with E-state index in [4.69, 9.17) is 49.5 Å². The highest BCUT2D eigenvalue weighted by Gasteiger charge is 2.04. The number of carbonyl (C=O) groups excluding carboxylic acids is 1. The number of aliphatic carboxylic acids is 4. The first-order valence-corrected chi connectivity index (χ1v) is 3.16. The Morgan fingerprint density at radius 1 is 0.875 bits per heavy atom. The number of aldehydes is 1. The number of carboxylic acids is 4. The maximum Gasteiger partial charge on any atom is 0.414 e. The fourth-order valence-corrected chi connectivity index (χ4v) is 0. The van der Waals surface area contributed by atoms with E-state index in [2.05, 4.69) is 0 Å². The number of aliphatic hydroxyl groups is 1. The van der Waals surface area contributed by atoms with Gasteiger partial charge in [0.05, 0.1) is 0 Å². The van der Waals surface area contributed by atoms with Gasteiger partial charge in [-0.2, -0.15) is 0 Å². The van der Waals surface area contributed by atoms with Crippen LogP contribution in [0, 0.1) is 0 Å². The number of hydrogen-bond acceptors (Lipinski definition) is 6. The topological polar surface area (TPSA) is 186 Å². The number of aliphatic hydroxyl groups excluding tert-OH is 1. The monoisotopic (exact) mass is 240 g/mol. The number of rotatable bonds is 2. The molecule has 10 nitrogen and oxygen atoms in total. The maximum absolute atomic E-state index is 9.12. The molecule has 0 aliphatic carbocycles. The van der Waals surface area contributed by atoms with Crippen LogP contribution in [0.15, 0.2) is 0 Å². The number of carboxylic acid groups (broad SMARTS) is 4. The summed E-state index contributed by atoms with van der Waals surface area (Å²) in [5.41, 5.74) is 0. The lowest BCUT2D eigenvalue weighted by atomic mass is 10.7. The first kappa shape index (κ1) is 19.1. The largest absolute Gasteiger partial charge is 0.480 e. The second-order valence-electron chi connectivity index (χ2n) is 1.62. The van der Waals surface area contributed by atoms with Crippen molar-refractivity contribution in [1.82, 2.24) is 0 Å². The summed E-state index contributed by atoms with van der Waals surface area (Å²) in [6, 6.07) is 0. The van der Waals surface area contributed by atoms with E-state index in [0.717, 1.165) is 0 Å². The molecule has 0 atom stereocenters. The lowest BCUT2D eigenvalue weighted by molar-refractivity contribution is -0.159. The molecule has 92 valence electrons. The van der Waals surface area contributed by atoms with E-state index in [0.29, 0.717) is 0 Å². The summed E-state index contributed by atoms with van der Waals surface area (Å²) >= 11 is 0. The smallest absolute Gasteiger partial charge is 0.414 e. The molecule has 0 unspecified atom stereocenters. The van der Waals surface area contributed by atoms with Gasteiger partial charge in [-0.1, -0.05) is 0 Å². The van der Waals surface area contributed by atoms with Gasteiger partial charge in [-0.15, -0.1) is 0 Å². The summed E-state index contributed by atoms with van der Waals surface area (Å²) in [5, 5.41) is 37.2. The van der Waals surface area contributed by atoms with Crippen LogP contribution < -0.4 is 0 Å². The third-order valence-electron chi connectivity index (χ3n) is 0.419. The SMILES string of the molecule is O=C(O)C(=O)O.O=C(O)CO.O=CC(=O)O. The predicted molar refractivity (Wildman–Crippen MR) is 43.7 cm³/mol. The molecule has 0 aliphatic rings. The Morgan fingerprint density at radius 3 is 1.06 bits per heavy atom. The van der Waals surface area contributed by atoms with Crippen LogP contribution in [0.5, 0.6) is 0 Å². The average molecular weight is 240 g/mol. The molecule has 0 fully saturated rings. The van der Waals surface area contributed by atoms with Gasteiger partial charge in [0.15, 0.2) is 0 Å². The third kappa shape index (κ3) is 41.9.